The van der Waals surface area contributed by atoms with Crippen LogP contribution in [0.2, 0.25) is 15.1 Å². The summed E-state index contributed by atoms with van der Waals surface area (Å²) in [7, 11) is 0. The van der Waals surface area contributed by atoms with Crippen molar-refractivity contribution in [2.45, 2.75) is 12.6 Å². The van der Waals surface area contributed by atoms with Crippen LogP contribution < -0.4 is 5.56 Å². The minimum atomic E-state index is -4.83. The van der Waals surface area contributed by atoms with Crippen LogP contribution in [0.1, 0.15) is 16.8 Å². The fraction of sp³-hybridized carbons (Fsp3) is 0.118. The molecule has 0 saturated carbocycles. The zero-order valence-electron chi connectivity index (χ0n) is 13.2. The number of aromatic nitrogens is 3. The molecule has 10 heteroatoms. The summed E-state index contributed by atoms with van der Waals surface area (Å²) in [5.41, 5.74) is -2.29. The second-order valence-corrected chi connectivity index (χ2v) is 6.78. The summed E-state index contributed by atoms with van der Waals surface area (Å²) < 4.78 is 40.6. The van der Waals surface area contributed by atoms with Crippen molar-refractivity contribution in [3.8, 4) is 11.5 Å². The van der Waals surface area contributed by atoms with Gasteiger partial charge in [0.05, 0.1) is 20.6 Å². The summed E-state index contributed by atoms with van der Waals surface area (Å²) in [6, 6.07) is 7.13. The predicted octanol–water partition coefficient (Wildman–Crippen LogP) is 5.40. The molecule has 0 aliphatic carbocycles. The van der Waals surface area contributed by atoms with Crippen LogP contribution in [0, 0.1) is 0 Å². The van der Waals surface area contributed by atoms with Crippen LogP contribution in [0.5, 0.6) is 0 Å². The zero-order chi connectivity index (χ0) is 19.8. The van der Waals surface area contributed by atoms with E-state index in [1.165, 1.54) is 36.5 Å². The standard InChI is InChI=1S/C17H9Cl3F3N3O/c18-9-2-4-13(24-7-9)15-25-14(17(21,22)23)10(16(27)26-15)5-8-1-3-11(19)12(20)6-8/h1-4,6-7H,5H2,(H,25,26,27). The molecule has 0 aliphatic heterocycles. The molecule has 0 amide bonds. The smallest absolute Gasteiger partial charge is 0.305 e. The van der Waals surface area contributed by atoms with Crippen LogP contribution in [-0.2, 0) is 12.6 Å². The molecule has 3 aromatic rings. The van der Waals surface area contributed by atoms with E-state index >= 15 is 0 Å². The first-order chi connectivity index (χ1) is 12.6. The van der Waals surface area contributed by atoms with Crippen LogP contribution >= 0.6 is 34.8 Å². The maximum Gasteiger partial charge on any atom is 0.433 e. The van der Waals surface area contributed by atoms with Crippen molar-refractivity contribution in [2.75, 3.05) is 0 Å². The zero-order valence-corrected chi connectivity index (χ0v) is 15.5. The Kier molecular flexibility index (Phi) is 5.46. The third-order valence-electron chi connectivity index (χ3n) is 3.62. The molecule has 27 heavy (non-hydrogen) atoms. The molecule has 1 N–H and O–H groups in total. The summed E-state index contributed by atoms with van der Waals surface area (Å²) >= 11 is 17.4. The monoisotopic (exact) mass is 433 g/mol. The van der Waals surface area contributed by atoms with E-state index in [1.54, 1.807) is 0 Å². The second-order valence-electron chi connectivity index (χ2n) is 5.53. The van der Waals surface area contributed by atoms with E-state index in [9.17, 15) is 18.0 Å². The van der Waals surface area contributed by atoms with Gasteiger partial charge in [0.1, 0.15) is 5.69 Å². The molecule has 0 fully saturated rings. The molecule has 140 valence electrons. The number of aromatic amines is 1. The first-order valence-electron chi connectivity index (χ1n) is 7.41. The van der Waals surface area contributed by atoms with Crippen LogP contribution in [0.15, 0.2) is 41.3 Å². The van der Waals surface area contributed by atoms with Gasteiger partial charge in [0.15, 0.2) is 11.5 Å². The topological polar surface area (TPSA) is 58.6 Å². The predicted molar refractivity (Wildman–Crippen MR) is 97.4 cm³/mol. The number of nitrogens with zero attached hydrogens (tertiary/aromatic N) is 2. The van der Waals surface area contributed by atoms with Gasteiger partial charge < -0.3 is 4.98 Å². The van der Waals surface area contributed by atoms with Gasteiger partial charge in [-0.1, -0.05) is 40.9 Å². The van der Waals surface area contributed by atoms with E-state index in [-0.39, 0.29) is 28.0 Å². The molecule has 2 heterocycles. The van der Waals surface area contributed by atoms with Crippen molar-refractivity contribution in [2.24, 2.45) is 0 Å². The second kappa shape index (κ2) is 7.50. The number of pyridine rings is 1. The number of benzene rings is 1. The van der Waals surface area contributed by atoms with E-state index in [2.05, 4.69) is 15.0 Å². The van der Waals surface area contributed by atoms with Gasteiger partial charge in [-0.25, -0.2) is 4.98 Å². The largest absolute Gasteiger partial charge is 0.433 e. The Hall–Kier alpha value is -2.09. The first-order valence-corrected chi connectivity index (χ1v) is 8.55. The number of hydrogen-bond donors (Lipinski definition) is 1. The van der Waals surface area contributed by atoms with Crippen molar-refractivity contribution in [1.82, 2.24) is 15.0 Å². The molecule has 1 aromatic carbocycles. The van der Waals surface area contributed by atoms with Crippen molar-refractivity contribution >= 4 is 34.8 Å². The highest BCUT2D eigenvalue weighted by Crippen LogP contribution is 2.32. The Morgan fingerprint density at radius 3 is 2.37 bits per heavy atom. The number of rotatable bonds is 3. The first kappa shape index (κ1) is 19.7. The minimum Gasteiger partial charge on any atom is -0.305 e. The molecule has 4 nitrogen and oxygen atoms in total. The lowest BCUT2D eigenvalue weighted by molar-refractivity contribution is -0.141. The van der Waals surface area contributed by atoms with Crippen LogP contribution in [-0.4, -0.2) is 15.0 Å². The van der Waals surface area contributed by atoms with Crippen LogP contribution in [0.3, 0.4) is 0 Å². The number of nitrogens with one attached hydrogen (secondary N) is 1. The van der Waals surface area contributed by atoms with Crippen molar-refractivity contribution in [3.05, 3.63) is 78.8 Å². The number of halogens is 6. The Balaban J connectivity index is 2.11. The van der Waals surface area contributed by atoms with Crippen LogP contribution in [0.4, 0.5) is 13.2 Å². The van der Waals surface area contributed by atoms with Gasteiger partial charge in [0.25, 0.3) is 5.56 Å². The number of hydrogen-bond acceptors (Lipinski definition) is 3. The molecule has 0 atom stereocenters. The number of alkyl halides is 3. The molecule has 3 rings (SSSR count). The number of H-pyrrole nitrogens is 1. The fourth-order valence-corrected chi connectivity index (χ4v) is 2.82. The maximum absolute atomic E-state index is 13.5. The average molecular weight is 435 g/mol. The Labute approximate surface area is 166 Å². The molecule has 0 aliphatic rings. The molecule has 2 aromatic heterocycles. The highest BCUT2D eigenvalue weighted by molar-refractivity contribution is 6.42. The van der Waals surface area contributed by atoms with Crippen molar-refractivity contribution < 1.29 is 13.2 Å². The molecule has 0 spiro atoms. The normalized spacial score (nSPS) is 11.6. The minimum absolute atomic E-state index is 0.0584. The Morgan fingerprint density at radius 2 is 1.78 bits per heavy atom. The fourth-order valence-electron chi connectivity index (χ4n) is 2.39. The molecular weight excluding hydrogens is 426 g/mol. The van der Waals surface area contributed by atoms with Gasteiger partial charge in [-0.2, -0.15) is 13.2 Å². The van der Waals surface area contributed by atoms with Gasteiger partial charge in [-0.3, -0.25) is 9.78 Å². The van der Waals surface area contributed by atoms with Crippen LogP contribution in [0.25, 0.3) is 11.5 Å². The molecule has 0 unspecified atom stereocenters. The molecule has 0 saturated heterocycles. The van der Waals surface area contributed by atoms with Crippen molar-refractivity contribution in [3.63, 3.8) is 0 Å². The van der Waals surface area contributed by atoms with Gasteiger partial charge in [0.2, 0.25) is 0 Å². The summed E-state index contributed by atoms with van der Waals surface area (Å²) in [5, 5.41) is 0.732. The van der Waals surface area contributed by atoms with E-state index < -0.39 is 23.0 Å². The quantitative estimate of drug-likeness (QED) is 0.600. The summed E-state index contributed by atoms with van der Waals surface area (Å²) in [6.07, 6.45) is -3.91. The lowest BCUT2D eigenvalue weighted by Gasteiger charge is -2.13. The summed E-state index contributed by atoms with van der Waals surface area (Å²) in [6.45, 7) is 0. The summed E-state index contributed by atoms with van der Waals surface area (Å²) in [5.74, 6) is -0.304. The molecule has 0 bridgehead atoms. The lowest BCUT2D eigenvalue weighted by atomic mass is 10.0. The lowest BCUT2D eigenvalue weighted by Crippen LogP contribution is -2.24. The highest BCUT2D eigenvalue weighted by atomic mass is 35.5. The van der Waals surface area contributed by atoms with Gasteiger partial charge in [-0.05, 0) is 29.8 Å². The van der Waals surface area contributed by atoms with Gasteiger partial charge >= 0.3 is 6.18 Å². The highest BCUT2D eigenvalue weighted by Gasteiger charge is 2.37. The average Bonchev–Trinajstić information content (AvgIpc) is 2.59. The van der Waals surface area contributed by atoms with Gasteiger partial charge in [0, 0.05) is 12.6 Å². The Morgan fingerprint density at radius 1 is 1.04 bits per heavy atom. The Bertz CT molecular complexity index is 1050. The third-order valence-corrected chi connectivity index (χ3v) is 4.58. The SMILES string of the molecule is O=c1[nH]c(-c2ccc(Cl)cn2)nc(C(F)(F)F)c1Cc1ccc(Cl)c(Cl)c1. The maximum atomic E-state index is 13.5. The molecule has 0 radical (unpaired) electrons. The van der Waals surface area contributed by atoms with E-state index in [0.29, 0.717) is 10.6 Å². The van der Waals surface area contributed by atoms with E-state index in [4.69, 9.17) is 34.8 Å². The van der Waals surface area contributed by atoms with Crippen molar-refractivity contribution in [1.29, 1.82) is 0 Å². The summed E-state index contributed by atoms with van der Waals surface area (Å²) in [4.78, 5) is 22.2. The van der Waals surface area contributed by atoms with E-state index in [1.807, 2.05) is 0 Å². The van der Waals surface area contributed by atoms with Gasteiger partial charge in [-0.15, -0.1) is 0 Å². The molecular formula is C17H9Cl3F3N3O. The van der Waals surface area contributed by atoms with E-state index in [0.717, 1.165) is 0 Å². The third kappa shape index (κ3) is 4.43.